The second-order valence-electron chi connectivity index (χ2n) is 10.3. The Morgan fingerprint density at radius 2 is 1.91 bits per heavy atom. The van der Waals surface area contributed by atoms with Crippen molar-refractivity contribution < 1.29 is 14.3 Å². The number of carbonyl (C=O) groups excluding carboxylic acids is 2. The summed E-state index contributed by atoms with van der Waals surface area (Å²) < 4.78 is 5.58. The number of hydrogen-bond acceptors (Lipinski definition) is 5. The number of nitrogens with zero attached hydrogens (tertiary/aromatic N) is 1. The van der Waals surface area contributed by atoms with Gasteiger partial charge >= 0.3 is 6.03 Å². The molecule has 2 fully saturated rings. The highest BCUT2D eigenvalue weighted by Crippen LogP contribution is 2.49. The summed E-state index contributed by atoms with van der Waals surface area (Å²) in [5, 5.41) is 7.28. The van der Waals surface area contributed by atoms with Crippen molar-refractivity contribution in [2.24, 2.45) is 5.41 Å². The first-order valence-corrected chi connectivity index (χ1v) is 12.9. The molecule has 0 radical (unpaired) electrons. The molecule has 1 aromatic carbocycles. The smallest absolute Gasteiger partial charge is 0.319 e. The standard InChI is InChI=1S/C26H33N3O3S/c1-26(2)15-20-22(24(29-10-12-32-13-11-29)33-23(20)21(30)16-26)17-6-5-9-19(14-17)28-25(31)27-18-7-3-4-8-18/h5-6,9,14,18H,3-4,7-8,10-13,15-16H2,1-2H3,(H2,27,28,31). The van der Waals surface area contributed by atoms with Crippen LogP contribution in [0.15, 0.2) is 24.3 Å². The number of carbonyl (C=O) groups is 2. The highest BCUT2D eigenvalue weighted by molar-refractivity contribution is 7.19. The number of Topliss-reactive ketones (excluding diaryl/α,β-unsaturated/α-hetero) is 1. The molecule has 1 saturated carbocycles. The number of rotatable bonds is 4. The number of fused-ring (bicyclic) bond motifs is 1. The van der Waals surface area contributed by atoms with E-state index in [4.69, 9.17) is 4.74 Å². The summed E-state index contributed by atoms with van der Waals surface area (Å²) >= 11 is 1.63. The third-order valence-electron chi connectivity index (χ3n) is 6.93. The topological polar surface area (TPSA) is 70.7 Å². The first kappa shape index (κ1) is 22.4. The van der Waals surface area contributed by atoms with E-state index < -0.39 is 0 Å². The highest BCUT2D eigenvalue weighted by Gasteiger charge is 2.37. The number of nitrogens with one attached hydrogen (secondary N) is 2. The molecular formula is C26H33N3O3S. The Bertz CT molecular complexity index is 1050. The maximum absolute atomic E-state index is 13.1. The molecule has 2 N–H and O–H groups in total. The van der Waals surface area contributed by atoms with Gasteiger partial charge in [0.1, 0.15) is 0 Å². The van der Waals surface area contributed by atoms with Crippen LogP contribution in [0.2, 0.25) is 0 Å². The molecule has 2 amide bonds. The van der Waals surface area contributed by atoms with Crippen molar-refractivity contribution in [2.75, 3.05) is 36.5 Å². The van der Waals surface area contributed by atoms with Gasteiger partial charge in [-0.25, -0.2) is 4.79 Å². The lowest BCUT2D eigenvalue weighted by Crippen LogP contribution is -2.36. The summed E-state index contributed by atoms with van der Waals surface area (Å²) in [5.41, 5.74) is 4.09. The van der Waals surface area contributed by atoms with Crippen molar-refractivity contribution in [3.05, 3.63) is 34.7 Å². The number of urea groups is 1. The van der Waals surface area contributed by atoms with E-state index >= 15 is 0 Å². The van der Waals surface area contributed by atoms with Crippen LogP contribution in [0.5, 0.6) is 0 Å². The van der Waals surface area contributed by atoms with Crippen LogP contribution in [0, 0.1) is 5.41 Å². The number of ketones is 1. The first-order valence-electron chi connectivity index (χ1n) is 12.1. The minimum Gasteiger partial charge on any atom is -0.378 e. The predicted molar refractivity (Wildman–Crippen MR) is 134 cm³/mol. The Morgan fingerprint density at radius 1 is 1.15 bits per heavy atom. The molecule has 0 atom stereocenters. The molecule has 1 aliphatic heterocycles. The van der Waals surface area contributed by atoms with Crippen LogP contribution in [-0.4, -0.2) is 44.2 Å². The van der Waals surface area contributed by atoms with Crippen LogP contribution in [0.1, 0.15) is 61.2 Å². The van der Waals surface area contributed by atoms with E-state index in [1.165, 1.54) is 12.8 Å². The zero-order valence-electron chi connectivity index (χ0n) is 19.5. The molecular weight excluding hydrogens is 434 g/mol. The van der Waals surface area contributed by atoms with Crippen molar-refractivity contribution >= 4 is 33.8 Å². The lowest BCUT2D eigenvalue weighted by molar-refractivity contribution is 0.0918. The molecule has 1 saturated heterocycles. The summed E-state index contributed by atoms with van der Waals surface area (Å²) in [6.45, 7) is 7.40. The minimum atomic E-state index is -0.142. The van der Waals surface area contributed by atoms with Crippen molar-refractivity contribution in [1.82, 2.24) is 5.32 Å². The fraction of sp³-hybridized carbons (Fsp3) is 0.538. The lowest BCUT2D eigenvalue weighted by Gasteiger charge is -2.30. The molecule has 2 aromatic rings. The number of anilines is 2. The maximum Gasteiger partial charge on any atom is 0.319 e. The van der Waals surface area contributed by atoms with E-state index in [1.807, 2.05) is 18.2 Å². The predicted octanol–water partition coefficient (Wildman–Crippen LogP) is 5.47. The van der Waals surface area contributed by atoms with Gasteiger partial charge in [-0.15, -0.1) is 11.3 Å². The molecule has 2 aliphatic carbocycles. The van der Waals surface area contributed by atoms with E-state index in [9.17, 15) is 9.59 Å². The lowest BCUT2D eigenvalue weighted by atomic mass is 9.75. The van der Waals surface area contributed by atoms with Crippen LogP contribution in [0.3, 0.4) is 0 Å². The molecule has 5 rings (SSSR count). The molecule has 0 unspecified atom stereocenters. The number of amides is 2. The molecule has 0 bridgehead atoms. The molecule has 7 heteroatoms. The van der Waals surface area contributed by atoms with Gasteiger partial charge in [0.05, 0.1) is 23.1 Å². The molecule has 6 nitrogen and oxygen atoms in total. The maximum atomic E-state index is 13.1. The summed E-state index contributed by atoms with van der Waals surface area (Å²) in [6.07, 6.45) is 5.95. The molecule has 1 aromatic heterocycles. The second kappa shape index (κ2) is 9.11. The van der Waals surface area contributed by atoms with Crippen molar-refractivity contribution in [3.8, 4) is 11.1 Å². The average Bonchev–Trinajstić information content (AvgIpc) is 3.41. The number of morpholine rings is 1. The zero-order valence-corrected chi connectivity index (χ0v) is 20.4. The molecule has 0 spiro atoms. The van der Waals surface area contributed by atoms with Gasteiger partial charge in [0.25, 0.3) is 0 Å². The molecule has 176 valence electrons. The molecule has 3 aliphatic rings. The van der Waals surface area contributed by atoms with Gasteiger partial charge in [0.15, 0.2) is 5.78 Å². The van der Waals surface area contributed by atoms with Crippen LogP contribution in [0.25, 0.3) is 11.1 Å². The van der Waals surface area contributed by atoms with Crippen LogP contribution in [0.4, 0.5) is 15.5 Å². The number of benzene rings is 1. The van der Waals surface area contributed by atoms with E-state index in [0.717, 1.165) is 64.6 Å². The average molecular weight is 468 g/mol. The van der Waals surface area contributed by atoms with Gasteiger partial charge in [0, 0.05) is 36.8 Å². The summed E-state index contributed by atoms with van der Waals surface area (Å²) in [5.74, 6) is 0.247. The number of thiophene rings is 1. The Kier molecular flexibility index (Phi) is 6.18. The van der Waals surface area contributed by atoms with E-state index in [0.29, 0.717) is 19.6 Å². The van der Waals surface area contributed by atoms with Crippen LogP contribution < -0.4 is 15.5 Å². The normalized spacial score (nSPS) is 20.5. The van der Waals surface area contributed by atoms with Crippen molar-refractivity contribution in [3.63, 3.8) is 0 Å². The molecule has 2 heterocycles. The Morgan fingerprint density at radius 3 is 2.67 bits per heavy atom. The summed E-state index contributed by atoms with van der Waals surface area (Å²) in [7, 11) is 0. The fourth-order valence-corrected chi connectivity index (χ4v) is 6.70. The Hall–Kier alpha value is -2.38. The van der Waals surface area contributed by atoms with Gasteiger partial charge in [0.2, 0.25) is 0 Å². The summed E-state index contributed by atoms with van der Waals surface area (Å²) in [4.78, 5) is 28.9. The second-order valence-corrected chi connectivity index (χ2v) is 11.3. The number of hydrogen-bond donors (Lipinski definition) is 2. The van der Waals surface area contributed by atoms with E-state index in [2.05, 4.69) is 35.4 Å². The Labute approximate surface area is 199 Å². The third kappa shape index (κ3) is 4.80. The van der Waals surface area contributed by atoms with Gasteiger partial charge in [-0.3, -0.25) is 4.79 Å². The minimum absolute atomic E-state index is 0.0563. The first-order chi connectivity index (χ1) is 15.9. The van der Waals surface area contributed by atoms with E-state index in [1.54, 1.807) is 11.3 Å². The van der Waals surface area contributed by atoms with Crippen LogP contribution in [-0.2, 0) is 11.2 Å². The third-order valence-corrected chi connectivity index (χ3v) is 8.27. The molecule has 33 heavy (non-hydrogen) atoms. The summed E-state index contributed by atoms with van der Waals surface area (Å²) in [6, 6.07) is 8.20. The van der Waals surface area contributed by atoms with Crippen LogP contribution >= 0.6 is 11.3 Å². The van der Waals surface area contributed by atoms with Crippen molar-refractivity contribution in [2.45, 2.75) is 58.4 Å². The van der Waals surface area contributed by atoms with Crippen molar-refractivity contribution in [1.29, 1.82) is 0 Å². The monoisotopic (exact) mass is 467 g/mol. The Balaban J connectivity index is 1.49. The van der Waals surface area contributed by atoms with Gasteiger partial charge in [-0.2, -0.15) is 0 Å². The van der Waals surface area contributed by atoms with Gasteiger partial charge in [-0.05, 0) is 47.9 Å². The van der Waals surface area contributed by atoms with E-state index in [-0.39, 0.29) is 23.3 Å². The number of ether oxygens (including phenoxy) is 1. The zero-order chi connectivity index (χ0) is 23.0. The fourth-order valence-electron chi connectivity index (χ4n) is 5.36. The van der Waals surface area contributed by atoms with Gasteiger partial charge in [-0.1, -0.05) is 38.8 Å². The highest BCUT2D eigenvalue weighted by atomic mass is 32.1. The SMILES string of the molecule is CC1(C)CC(=O)c2sc(N3CCOCC3)c(-c3cccc(NC(=O)NC4CCCC4)c3)c2C1. The largest absolute Gasteiger partial charge is 0.378 e. The van der Waals surface area contributed by atoms with Gasteiger partial charge < -0.3 is 20.3 Å². The quantitative estimate of drug-likeness (QED) is 0.625.